The Morgan fingerprint density at radius 2 is 2.35 bits per heavy atom. The van der Waals surface area contributed by atoms with Gasteiger partial charge in [-0.05, 0) is 18.2 Å². The van der Waals surface area contributed by atoms with Crippen LogP contribution in [0.3, 0.4) is 0 Å². The van der Waals surface area contributed by atoms with Crippen LogP contribution in [0.4, 0.5) is 10.1 Å². The number of anilines is 1. The minimum absolute atomic E-state index is 0.0771. The normalized spacial score (nSPS) is 16.9. The Bertz CT molecular complexity index is 795. The zero-order valence-corrected chi connectivity index (χ0v) is 14.3. The van der Waals surface area contributed by atoms with E-state index in [2.05, 4.69) is 15.5 Å². The molecule has 0 radical (unpaired) electrons. The molecular weight excluding hydrogens is 343 g/mol. The highest BCUT2D eigenvalue weighted by Crippen LogP contribution is 2.25. The van der Waals surface area contributed by atoms with E-state index < -0.39 is 11.7 Å². The smallest absolute Gasteiger partial charge is 0.229 e. The van der Waals surface area contributed by atoms with E-state index in [1.807, 2.05) is 0 Å². The van der Waals surface area contributed by atoms with Crippen molar-refractivity contribution in [3.05, 3.63) is 41.8 Å². The van der Waals surface area contributed by atoms with E-state index >= 15 is 0 Å². The van der Waals surface area contributed by atoms with Crippen molar-refractivity contribution < 1.29 is 23.2 Å². The van der Waals surface area contributed by atoms with Crippen molar-refractivity contribution in [2.45, 2.75) is 19.4 Å². The van der Waals surface area contributed by atoms with Gasteiger partial charge in [-0.25, -0.2) is 4.39 Å². The standard InChI is InChI=1S/C17H19FN4O4/c1-25-6-5-15-20-14(21-26-15)9-19-17(24)11-7-16(23)22(10-11)13-4-2-3-12(18)8-13/h2-4,8,11H,5-7,9-10H2,1H3,(H,19,24)/t11-/m0/s1. The molecule has 3 rings (SSSR count). The third kappa shape index (κ3) is 4.23. The van der Waals surface area contributed by atoms with Gasteiger partial charge in [-0.1, -0.05) is 11.2 Å². The first-order valence-corrected chi connectivity index (χ1v) is 8.21. The lowest BCUT2D eigenvalue weighted by atomic mass is 10.1. The predicted molar refractivity (Wildman–Crippen MR) is 88.6 cm³/mol. The van der Waals surface area contributed by atoms with Crippen LogP contribution in [0.5, 0.6) is 0 Å². The van der Waals surface area contributed by atoms with Crippen molar-refractivity contribution in [2.75, 3.05) is 25.2 Å². The van der Waals surface area contributed by atoms with Crippen molar-refractivity contribution in [3.8, 4) is 0 Å². The van der Waals surface area contributed by atoms with E-state index in [0.29, 0.717) is 30.4 Å². The van der Waals surface area contributed by atoms with Crippen LogP contribution >= 0.6 is 0 Å². The number of rotatable bonds is 7. The highest BCUT2D eigenvalue weighted by Gasteiger charge is 2.35. The van der Waals surface area contributed by atoms with Crippen molar-refractivity contribution in [1.82, 2.24) is 15.5 Å². The molecule has 1 aliphatic heterocycles. The molecule has 1 aromatic carbocycles. The van der Waals surface area contributed by atoms with E-state index in [9.17, 15) is 14.0 Å². The number of halogens is 1. The molecule has 26 heavy (non-hydrogen) atoms. The van der Waals surface area contributed by atoms with Crippen molar-refractivity contribution in [2.24, 2.45) is 5.92 Å². The number of hydrogen-bond donors (Lipinski definition) is 1. The first-order chi connectivity index (χ1) is 12.6. The molecule has 1 atom stereocenters. The van der Waals surface area contributed by atoms with E-state index in [-0.39, 0.29) is 31.3 Å². The quantitative estimate of drug-likeness (QED) is 0.791. The zero-order valence-electron chi connectivity index (χ0n) is 14.3. The topological polar surface area (TPSA) is 97.6 Å². The number of aromatic nitrogens is 2. The number of hydrogen-bond acceptors (Lipinski definition) is 6. The highest BCUT2D eigenvalue weighted by atomic mass is 19.1. The zero-order chi connectivity index (χ0) is 18.5. The number of nitrogens with one attached hydrogen (secondary N) is 1. The lowest BCUT2D eigenvalue weighted by Crippen LogP contribution is -2.32. The van der Waals surface area contributed by atoms with Gasteiger partial charge in [0.25, 0.3) is 0 Å². The SMILES string of the molecule is COCCc1nc(CNC(=O)[C@H]2CC(=O)N(c3cccc(F)c3)C2)no1. The molecule has 2 aromatic rings. The molecule has 138 valence electrons. The second kappa shape index (κ2) is 8.05. The summed E-state index contributed by atoms with van der Waals surface area (Å²) < 4.78 is 23.3. The molecular formula is C17H19FN4O4. The summed E-state index contributed by atoms with van der Waals surface area (Å²) in [4.78, 5) is 30.0. The summed E-state index contributed by atoms with van der Waals surface area (Å²) in [5.41, 5.74) is 0.450. The number of carbonyl (C=O) groups excluding carboxylic acids is 2. The van der Waals surface area contributed by atoms with Crippen LogP contribution in [0.1, 0.15) is 18.1 Å². The maximum atomic E-state index is 13.3. The summed E-state index contributed by atoms with van der Waals surface area (Å²) in [6.07, 6.45) is 0.574. The third-order valence-electron chi connectivity index (χ3n) is 4.07. The molecule has 1 fully saturated rings. The number of nitrogens with zero attached hydrogens (tertiary/aromatic N) is 3. The van der Waals surface area contributed by atoms with Gasteiger partial charge < -0.3 is 19.5 Å². The Balaban J connectivity index is 1.54. The Hall–Kier alpha value is -2.81. The van der Waals surface area contributed by atoms with Gasteiger partial charge in [-0.15, -0.1) is 0 Å². The summed E-state index contributed by atoms with van der Waals surface area (Å²) in [6, 6.07) is 5.75. The summed E-state index contributed by atoms with van der Waals surface area (Å²) >= 11 is 0. The van der Waals surface area contributed by atoms with Crippen LogP contribution in [-0.2, 0) is 27.3 Å². The highest BCUT2D eigenvalue weighted by molar-refractivity contribution is 6.00. The summed E-state index contributed by atoms with van der Waals surface area (Å²) in [6.45, 7) is 0.785. The van der Waals surface area contributed by atoms with Gasteiger partial charge in [0, 0.05) is 25.8 Å². The third-order valence-corrected chi connectivity index (χ3v) is 4.07. The van der Waals surface area contributed by atoms with E-state index in [0.717, 1.165) is 0 Å². The van der Waals surface area contributed by atoms with E-state index in [1.54, 1.807) is 13.2 Å². The van der Waals surface area contributed by atoms with Crippen LogP contribution < -0.4 is 10.2 Å². The fourth-order valence-electron chi connectivity index (χ4n) is 2.74. The maximum Gasteiger partial charge on any atom is 0.229 e. The molecule has 0 spiro atoms. The molecule has 2 amide bonds. The molecule has 2 heterocycles. The number of benzene rings is 1. The minimum Gasteiger partial charge on any atom is -0.384 e. The van der Waals surface area contributed by atoms with Crippen molar-refractivity contribution in [1.29, 1.82) is 0 Å². The van der Waals surface area contributed by atoms with Crippen LogP contribution in [0.15, 0.2) is 28.8 Å². The monoisotopic (exact) mass is 362 g/mol. The van der Waals surface area contributed by atoms with E-state index in [4.69, 9.17) is 9.26 Å². The van der Waals surface area contributed by atoms with Gasteiger partial charge in [-0.3, -0.25) is 9.59 Å². The van der Waals surface area contributed by atoms with Gasteiger partial charge >= 0.3 is 0 Å². The average Bonchev–Trinajstić information content (AvgIpc) is 3.24. The molecule has 9 heteroatoms. The van der Waals surface area contributed by atoms with Crippen molar-refractivity contribution >= 4 is 17.5 Å². The second-order valence-electron chi connectivity index (χ2n) is 5.95. The molecule has 8 nitrogen and oxygen atoms in total. The fourth-order valence-corrected chi connectivity index (χ4v) is 2.74. The van der Waals surface area contributed by atoms with Gasteiger partial charge in [-0.2, -0.15) is 4.98 Å². The van der Waals surface area contributed by atoms with Crippen LogP contribution in [0.2, 0.25) is 0 Å². The second-order valence-corrected chi connectivity index (χ2v) is 5.95. The van der Waals surface area contributed by atoms with Crippen LogP contribution in [-0.4, -0.2) is 42.2 Å². The van der Waals surface area contributed by atoms with Gasteiger partial charge in [0.1, 0.15) is 5.82 Å². The molecule has 0 aliphatic carbocycles. The number of ether oxygens (including phenoxy) is 1. The van der Waals surface area contributed by atoms with Crippen molar-refractivity contribution in [3.63, 3.8) is 0 Å². The summed E-state index contributed by atoms with van der Waals surface area (Å²) in [7, 11) is 1.58. The molecule has 0 bridgehead atoms. The lowest BCUT2D eigenvalue weighted by Gasteiger charge is -2.16. The van der Waals surface area contributed by atoms with Crippen LogP contribution in [0.25, 0.3) is 0 Å². The van der Waals surface area contributed by atoms with Gasteiger partial charge in [0.2, 0.25) is 17.7 Å². The molecule has 1 saturated heterocycles. The first kappa shape index (κ1) is 18.0. The Kier molecular flexibility index (Phi) is 5.57. The number of amides is 2. The van der Waals surface area contributed by atoms with Crippen LogP contribution in [0, 0.1) is 11.7 Å². The molecule has 1 N–H and O–H groups in total. The first-order valence-electron chi connectivity index (χ1n) is 8.21. The maximum absolute atomic E-state index is 13.3. The van der Waals surface area contributed by atoms with Gasteiger partial charge in [0.05, 0.1) is 25.5 Å². The number of carbonyl (C=O) groups is 2. The average molecular weight is 362 g/mol. The molecule has 1 aromatic heterocycles. The van der Waals surface area contributed by atoms with Gasteiger partial charge in [0.15, 0.2) is 5.82 Å². The summed E-state index contributed by atoms with van der Waals surface area (Å²) in [5.74, 6) is -0.631. The molecule has 1 aliphatic rings. The number of methoxy groups -OCH3 is 1. The summed E-state index contributed by atoms with van der Waals surface area (Å²) in [5, 5.41) is 6.49. The fraction of sp³-hybridized carbons (Fsp3) is 0.412. The lowest BCUT2D eigenvalue weighted by molar-refractivity contribution is -0.126. The Labute approximate surface area is 149 Å². The Morgan fingerprint density at radius 3 is 3.12 bits per heavy atom. The minimum atomic E-state index is -0.509. The molecule has 0 unspecified atom stereocenters. The largest absolute Gasteiger partial charge is 0.384 e. The Morgan fingerprint density at radius 1 is 1.50 bits per heavy atom. The molecule has 0 saturated carbocycles. The predicted octanol–water partition coefficient (Wildman–Crippen LogP) is 1.07. The van der Waals surface area contributed by atoms with E-state index in [1.165, 1.54) is 23.1 Å².